The van der Waals surface area contributed by atoms with Crippen LogP contribution in [0.2, 0.25) is 0 Å². The predicted molar refractivity (Wildman–Crippen MR) is 106 cm³/mol. The SMILES string of the molecule is CC(C)(C)c1ccc(S(=O)(=O)Nc2ccc(N3CCOCC3=O)cc2)cc1. The quantitative estimate of drug-likeness (QED) is 0.873. The molecular formula is C20H24N2O4S. The highest BCUT2D eigenvalue weighted by Gasteiger charge is 2.21. The van der Waals surface area contributed by atoms with Crippen molar-refractivity contribution in [3.63, 3.8) is 0 Å². The van der Waals surface area contributed by atoms with Gasteiger partial charge in [-0.3, -0.25) is 9.52 Å². The van der Waals surface area contributed by atoms with E-state index in [1.54, 1.807) is 41.3 Å². The summed E-state index contributed by atoms with van der Waals surface area (Å²) in [4.78, 5) is 13.7. The number of morpholine rings is 1. The van der Waals surface area contributed by atoms with Crippen LogP contribution in [0.5, 0.6) is 0 Å². The van der Waals surface area contributed by atoms with E-state index in [9.17, 15) is 13.2 Å². The number of nitrogens with one attached hydrogen (secondary N) is 1. The summed E-state index contributed by atoms with van der Waals surface area (Å²) in [5.74, 6) is -0.103. The van der Waals surface area contributed by atoms with E-state index < -0.39 is 10.0 Å². The van der Waals surface area contributed by atoms with Gasteiger partial charge in [0.15, 0.2) is 0 Å². The zero-order chi connectivity index (χ0) is 19.7. The lowest BCUT2D eigenvalue weighted by atomic mass is 9.87. The van der Waals surface area contributed by atoms with Crippen LogP contribution in [0, 0.1) is 0 Å². The summed E-state index contributed by atoms with van der Waals surface area (Å²) in [5.41, 5.74) is 2.20. The van der Waals surface area contributed by atoms with Gasteiger partial charge in [0.25, 0.3) is 15.9 Å². The van der Waals surface area contributed by atoms with Crippen molar-refractivity contribution in [2.24, 2.45) is 0 Å². The van der Waals surface area contributed by atoms with Crippen LogP contribution < -0.4 is 9.62 Å². The van der Waals surface area contributed by atoms with Gasteiger partial charge in [-0.15, -0.1) is 0 Å². The Kier molecular flexibility index (Phi) is 5.26. The van der Waals surface area contributed by atoms with Gasteiger partial charge in [0.1, 0.15) is 6.61 Å². The molecule has 0 spiro atoms. The van der Waals surface area contributed by atoms with Gasteiger partial charge in [-0.25, -0.2) is 8.42 Å². The van der Waals surface area contributed by atoms with E-state index in [0.29, 0.717) is 18.8 Å². The normalized spacial score (nSPS) is 15.7. The van der Waals surface area contributed by atoms with E-state index in [4.69, 9.17) is 4.74 Å². The van der Waals surface area contributed by atoms with Gasteiger partial charge in [0.05, 0.1) is 11.5 Å². The smallest absolute Gasteiger partial charge is 0.261 e. The largest absolute Gasteiger partial charge is 0.370 e. The minimum absolute atomic E-state index is 0.0392. The van der Waals surface area contributed by atoms with Gasteiger partial charge < -0.3 is 9.64 Å². The van der Waals surface area contributed by atoms with Gasteiger partial charge in [-0.2, -0.15) is 0 Å². The molecule has 2 aromatic carbocycles. The summed E-state index contributed by atoms with van der Waals surface area (Å²) in [6.07, 6.45) is 0. The lowest BCUT2D eigenvalue weighted by Crippen LogP contribution is -2.41. The second-order valence-corrected chi connectivity index (χ2v) is 9.21. The monoisotopic (exact) mass is 388 g/mol. The Bertz CT molecular complexity index is 914. The van der Waals surface area contributed by atoms with E-state index >= 15 is 0 Å². The molecule has 6 nitrogen and oxygen atoms in total. The van der Waals surface area contributed by atoms with Gasteiger partial charge in [-0.05, 0) is 47.4 Å². The Hall–Kier alpha value is -2.38. The fourth-order valence-corrected chi connectivity index (χ4v) is 3.91. The first kappa shape index (κ1) is 19.4. The number of amides is 1. The number of sulfonamides is 1. The van der Waals surface area contributed by atoms with Gasteiger partial charge in [0.2, 0.25) is 0 Å². The highest BCUT2D eigenvalue weighted by atomic mass is 32.2. The zero-order valence-corrected chi connectivity index (χ0v) is 16.5. The van der Waals surface area contributed by atoms with Crippen molar-refractivity contribution in [1.29, 1.82) is 0 Å². The first-order valence-corrected chi connectivity index (χ1v) is 10.3. The topological polar surface area (TPSA) is 75.7 Å². The summed E-state index contributed by atoms with van der Waals surface area (Å²) in [7, 11) is -3.67. The molecule has 2 aromatic rings. The van der Waals surface area contributed by atoms with Crippen molar-refractivity contribution >= 4 is 27.3 Å². The first-order chi connectivity index (χ1) is 12.7. The number of anilines is 2. The Balaban J connectivity index is 1.75. The molecule has 1 aliphatic heterocycles. The second kappa shape index (κ2) is 7.32. The van der Waals surface area contributed by atoms with Crippen LogP contribution in [0.3, 0.4) is 0 Å². The third kappa shape index (κ3) is 4.48. The van der Waals surface area contributed by atoms with Crippen LogP contribution in [0.15, 0.2) is 53.4 Å². The standard InChI is InChI=1S/C20H24N2O4S/c1-20(2,3)15-4-10-18(11-5-15)27(24,25)21-16-6-8-17(9-7-16)22-12-13-26-14-19(22)23/h4-11,21H,12-14H2,1-3H3. The molecule has 1 aliphatic rings. The minimum atomic E-state index is -3.67. The average Bonchev–Trinajstić information content (AvgIpc) is 2.62. The maximum absolute atomic E-state index is 12.6. The van der Waals surface area contributed by atoms with Crippen molar-refractivity contribution in [3.8, 4) is 0 Å². The maximum atomic E-state index is 12.6. The highest BCUT2D eigenvalue weighted by Crippen LogP contribution is 2.25. The van der Waals surface area contributed by atoms with Crippen molar-refractivity contribution in [3.05, 3.63) is 54.1 Å². The number of carbonyl (C=O) groups is 1. The molecule has 0 radical (unpaired) electrons. The fourth-order valence-electron chi connectivity index (χ4n) is 2.85. The fraction of sp³-hybridized carbons (Fsp3) is 0.350. The Labute approximate surface area is 160 Å². The van der Waals surface area contributed by atoms with Gasteiger partial charge in [-0.1, -0.05) is 32.9 Å². The van der Waals surface area contributed by atoms with Crippen LogP contribution in [0.25, 0.3) is 0 Å². The number of rotatable bonds is 4. The maximum Gasteiger partial charge on any atom is 0.261 e. The molecule has 144 valence electrons. The van der Waals surface area contributed by atoms with Crippen molar-refractivity contribution < 1.29 is 17.9 Å². The highest BCUT2D eigenvalue weighted by molar-refractivity contribution is 7.92. The Morgan fingerprint density at radius 1 is 1.00 bits per heavy atom. The summed E-state index contributed by atoms with van der Waals surface area (Å²) in [6.45, 7) is 7.29. The van der Waals surface area contributed by atoms with Crippen LogP contribution in [0.4, 0.5) is 11.4 Å². The summed E-state index contributed by atoms with van der Waals surface area (Å²) in [6, 6.07) is 13.7. The third-order valence-electron chi connectivity index (χ3n) is 4.45. The molecular weight excluding hydrogens is 364 g/mol. The van der Waals surface area contributed by atoms with E-state index in [2.05, 4.69) is 25.5 Å². The molecule has 3 rings (SSSR count). The average molecular weight is 388 g/mol. The molecule has 0 aliphatic carbocycles. The number of nitrogens with zero attached hydrogens (tertiary/aromatic N) is 1. The molecule has 0 unspecified atom stereocenters. The molecule has 7 heteroatoms. The number of ether oxygens (including phenoxy) is 1. The van der Waals surface area contributed by atoms with Crippen LogP contribution in [0.1, 0.15) is 26.3 Å². The van der Waals surface area contributed by atoms with E-state index in [0.717, 1.165) is 11.3 Å². The second-order valence-electron chi connectivity index (χ2n) is 7.52. The summed E-state index contributed by atoms with van der Waals surface area (Å²) >= 11 is 0. The van der Waals surface area contributed by atoms with E-state index in [1.165, 1.54) is 0 Å². The molecule has 1 heterocycles. The predicted octanol–water partition coefficient (Wildman–Crippen LogP) is 3.15. The van der Waals surface area contributed by atoms with Crippen molar-refractivity contribution in [2.75, 3.05) is 29.4 Å². The van der Waals surface area contributed by atoms with E-state index in [-0.39, 0.29) is 22.8 Å². The lowest BCUT2D eigenvalue weighted by molar-refractivity contribution is -0.125. The molecule has 0 saturated carbocycles. The van der Waals surface area contributed by atoms with Gasteiger partial charge >= 0.3 is 0 Å². The molecule has 1 saturated heterocycles. The summed E-state index contributed by atoms with van der Waals surface area (Å²) < 4.78 is 32.9. The van der Waals surface area contributed by atoms with E-state index in [1.807, 2.05) is 12.1 Å². The molecule has 27 heavy (non-hydrogen) atoms. The van der Waals surface area contributed by atoms with Crippen molar-refractivity contribution in [2.45, 2.75) is 31.1 Å². The van der Waals surface area contributed by atoms with Gasteiger partial charge in [0, 0.05) is 17.9 Å². The third-order valence-corrected chi connectivity index (χ3v) is 5.84. The number of carbonyl (C=O) groups excluding carboxylic acids is 1. The Morgan fingerprint density at radius 2 is 1.63 bits per heavy atom. The summed E-state index contributed by atoms with van der Waals surface area (Å²) in [5, 5.41) is 0. The molecule has 0 atom stereocenters. The molecule has 0 aromatic heterocycles. The van der Waals surface area contributed by atoms with Crippen LogP contribution >= 0.6 is 0 Å². The Morgan fingerprint density at radius 3 is 2.19 bits per heavy atom. The number of hydrogen-bond acceptors (Lipinski definition) is 4. The molecule has 1 N–H and O–H groups in total. The first-order valence-electron chi connectivity index (χ1n) is 8.78. The number of benzene rings is 2. The number of hydrogen-bond donors (Lipinski definition) is 1. The lowest BCUT2D eigenvalue weighted by Gasteiger charge is -2.26. The zero-order valence-electron chi connectivity index (χ0n) is 15.7. The van der Waals surface area contributed by atoms with Crippen LogP contribution in [-0.4, -0.2) is 34.1 Å². The molecule has 1 fully saturated rings. The van der Waals surface area contributed by atoms with Crippen molar-refractivity contribution in [1.82, 2.24) is 0 Å². The van der Waals surface area contributed by atoms with Crippen LogP contribution in [-0.2, 0) is 25.0 Å². The molecule has 0 bridgehead atoms. The minimum Gasteiger partial charge on any atom is -0.370 e. The molecule has 1 amide bonds.